The summed E-state index contributed by atoms with van der Waals surface area (Å²) in [6, 6.07) is 8.71. The molecule has 16 heavy (non-hydrogen) atoms. The molecule has 0 spiro atoms. The molecule has 2 rings (SSSR count). The third-order valence-electron chi connectivity index (χ3n) is 2.72. The van der Waals surface area contributed by atoms with Gasteiger partial charge in [-0.15, -0.1) is 11.3 Å². The van der Waals surface area contributed by atoms with Gasteiger partial charge >= 0.3 is 0 Å². The minimum atomic E-state index is 0.514. The molecule has 2 aromatic rings. The summed E-state index contributed by atoms with van der Waals surface area (Å²) in [5, 5.41) is 3.29. The van der Waals surface area contributed by atoms with Crippen molar-refractivity contribution in [2.75, 3.05) is 0 Å². The van der Waals surface area contributed by atoms with Crippen molar-refractivity contribution in [1.82, 2.24) is 4.98 Å². The molecule has 0 saturated carbocycles. The fraction of sp³-hybridized carbons (Fsp3) is 0.357. The molecule has 0 amide bonds. The molecule has 0 aliphatic heterocycles. The molecule has 0 radical (unpaired) electrons. The highest BCUT2D eigenvalue weighted by Crippen LogP contribution is 2.26. The molecule has 1 aromatic carbocycles. The molecule has 1 aromatic heterocycles. The number of thiazole rings is 1. The summed E-state index contributed by atoms with van der Waals surface area (Å²) in [4.78, 5) is 4.65. The van der Waals surface area contributed by atoms with Gasteiger partial charge < -0.3 is 0 Å². The second-order valence-corrected chi connectivity index (χ2v) is 5.14. The molecule has 1 nitrogen and oxygen atoms in total. The zero-order chi connectivity index (χ0) is 11.5. The Morgan fingerprint density at radius 3 is 2.38 bits per heavy atom. The van der Waals surface area contributed by atoms with Gasteiger partial charge in [0.25, 0.3) is 0 Å². The summed E-state index contributed by atoms with van der Waals surface area (Å²) >= 11 is 1.73. The van der Waals surface area contributed by atoms with Crippen molar-refractivity contribution in [1.29, 1.82) is 0 Å². The van der Waals surface area contributed by atoms with E-state index < -0.39 is 0 Å². The Hall–Kier alpha value is -1.15. The van der Waals surface area contributed by atoms with E-state index in [0.717, 1.165) is 11.4 Å². The van der Waals surface area contributed by atoms with Crippen molar-refractivity contribution in [3.8, 4) is 10.6 Å². The lowest BCUT2D eigenvalue weighted by Gasteiger charge is -2.00. The van der Waals surface area contributed by atoms with Gasteiger partial charge in [-0.1, -0.05) is 45.0 Å². The summed E-state index contributed by atoms with van der Waals surface area (Å²) in [5.41, 5.74) is 3.80. The van der Waals surface area contributed by atoms with Gasteiger partial charge in [-0.05, 0) is 17.9 Å². The van der Waals surface area contributed by atoms with E-state index in [-0.39, 0.29) is 0 Å². The van der Waals surface area contributed by atoms with E-state index in [1.54, 1.807) is 11.3 Å². The first-order valence-corrected chi connectivity index (χ1v) is 6.63. The standard InChI is InChI=1S/C14H17NS/c1-4-11-5-7-12(8-6-11)14-15-13(9-16-14)10(2)3/h5-10H,4H2,1-3H3. The van der Waals surface area contributed by atoms with Gasteiger partial charge in [0.1, 0.15) is 5.01 Å². The third kappa shape index (κ3) is 2.33. The normalized spacial score (nSPS) is 11.0. The Labute approximate surface area is 101 Å². The average Bonchev–Trinajstić information content (AvgIpc) is 2.78. The van der Waals surface area contributed by atoms with Crippen LogP contribution in [0.4, 0.5) is 0 Å². The number of rotatable bonds is 3. The van der Waals surface area contributed by atoms with Gasteiger partial charge in [0, 0.05) is 10.9 Å². The zero-order valence-electron chi connectivity index (χ0n) is 10.0. The van der Waals surface area contributed by atoms with Crippen LogP contribution in [0, 0.1) is 0 Å². The summed E-state index contributed by atoms with van der Waals surface area (Å²) < 4.78 is 0. The Bertz CT molecular complexity index is 454. The van der Waals surface area contributed by atoms with Gasteiger partial charge in [-0.3, -0.25) is 0 Å². The minimum Gasteiger partial charge on any atom is -0.241 e. The fourth-order valence-electron chi connectivity index (χ4n) is 1.57. The van der Waals surface area contributed by atoms with Crippen LogP contribution in [0.5, 0.6) is 0 Å². The molecule has 0 bridgehead atoms. The number of nitrogens with zero attached hydrogens (tertiary/aromatic N) is 1. The number of aryl methyl sites for hydroxylation is 1. The van der Waals surface area contributed by atoms with Crippen LogP contribution in [-0.4, -0.2) is 4.98 Å². The maximum absolute atomic E-state index is 4.65. The topological polar surface area (TPSA) is 12.9 Å². The summed E-state index contributed by atoms with van der Waals surface area (Å²) in [6.45, 7) is 6.54. The van der Waals surface area contributed by atoms with Crippen LogP contribution in [0.2, 0.25) is 0 Å². The average molecular weight is 231 g/mol. The molecule has 0 atom stereocenters. The van der Waals surface area contributed by atoms with Crippen LogP contribution in [0.1, 0.15) is 37.9 Å². The van der Waals surface area contributed by atoms with E-state index in [1.807, 2.05) is 0 Å². The minimum absolute atomic E-state index is 0.514. The van der Waals surface area contributed by atoms with E-state index in [2.05, 4.69) is 55.4 Å². The smallest absolute Gasteiger partial charge is 0.123 e. The Morgan fingerprint density at radius 1 is 1.19 bits per heavy atom. The molecular formula is C14H17NS. The highest BCUT2D eigenvalue weighted by atomic mass is 32.1. The summed E-state index contributed by atoms with van der Waals surface area (Å²) in [5.74, 6) is 0.514. The molecule has 0 N–H and O–H groups in total. The lowest BCUT2D eigenvalue weighted by molar-refractivity contribution is 0.834. The van der Waals surface area contributed by atoms with Gasteiger partial charge in [0.15, 0.2) is 0 Å². The van der Waals surface area contributed by atoms with Crippen LogP contribution < -0.4 is 0 Å². The first-order valence-electron chi connectivity index (χ1n) is 5.75. The highest BCUT2D eigenvalue weighted by Gasteiger charge is 2.07. The van der Waals surface area contributed by atoms with E-state index in [4.69, 9.17) is 0 Å². The maximum Gasteiger partial charge on any atom is 0.123 e. The van der Waals surface area contributed by atoms with E-state index in [0.29, 0.717) is 5.92 Å². The molecule has 0 unspecified atom stereocenters. The van der Waals surface area contributed by atoms with E-state index in [1.165, 1.54) is 16.8 Å². The highest BCUT2D eigenvalue weighted by molar-refractivity contribution is 7.13. The zero-order valence-corrected chi connectivity index (χ0v) is 10.8. The number of hydrogen-bond acceptors (Lipinski definition) is 2. The first kappa shape index (κ1) is 11.3. The van der Waals surface area contributed by atoms with Crippen molar-refractivity contribution < 1.29 is 0 Å². The second kappa shape index (κ2) is 4.79. The van der Waals surface area contributed by atoms with Crippen molar-refractivity contribution in [2.24, 2.45) is 0 Å². The first-order chi connectivity index (χ1) is 7.70. The lowest BCUT2D eigenvalue weighted by atomic mass is 10.1. The molecular weight excluding hydrogens is 214 g/mol. The number of aromatic nitrogens is 1. The number of benzene rings is 1. The molecule has 0 saturated heterocycles. The Balaban J connectivity index is 2.28. The monoisotopic (exact) mass is 231 g/mol. The van der Waals surface area contributed by atoms with E-state index >= 15 is 0 Å². The van der Waals surface area contributed by atoms with Gasteiger partial charge in [0.2, 0.25) is 0 Å². The van der Waals surface area contributed by atoms with Gasteiger partial charge in [-0.2, -0.15) is 0 Å². The summed E-state index contributed by atoms with van der Waals surface area (Å²) in [6.07, 6.45) is 1.09. The van der Waals surface area contributed by atoms with Crippen LogP contribution in [-0.2, 0) is 6.42 Å². The van der Waals surface area contributed by atoms with Crippen LogP contribution in [0.25, 0.3) is 10.6 Å². The lowest BCUT2D eigenvalue weighted by Crippen LogP contribution is -1.87. The van der Waals surface area contributed by atoms with Crippen molar-refractivity contribution in [2.45, 2.75) is 33.1 Å². The molecule has 84 valence electrons. The molecule has 1 heterocycles. The predicted molar refractivity (Wildman–Crippen MR) is 71.0 cm³/mol. The Kier molecular flexibility index (Phi) is 3.39. The second-order valence-electron chi connectivity index (χ2n) is 4.28. The molecule has 2 heteroatoms. The van der Waals surface area contributed by atoms with Crippen molar-refractivity contribution >= 4 is 11.3 Å². The maximum atomic E-state index is 4.65. The summed E-state index contributed by atoms with van der Waals surface area (Å²) in [7, 11) is 0. The van der Waals surface area contributed by atoms with Gasteiger partial charge in [0.05, 0.1) is 5.69 Å². The van der Waals surface area contributed by atoms with Crippen LogP contribution in [0.15, 0.2) is 29.6 Å². The van der Waals surface area contributed by atoms with Crippen LogP contribution in [0.3, 0.4) is 0 Å². The number of hydrogen-bond donors (Lipinski definition) is 0. The predicted octanol–water partition coefficient (Wildman–Crippen LogP) is 4.50. The molecule has 0 fully saturated rings. The largest absolute Gasteiger partial charge is 0.241 e. The van der Waals surface area contributed by atoms with Gasteiger partial charge in [-0.25, -0.2) is 4.98 Å². The Morgan fingerprint density at radius 2 is 1.88 bits per heavy atom. The van der Waals surface area contributed by atoms with Crippen molar-refractivity contribution in [3.05, 3.63) is 40.9 Å². The quantitative estimate of drug-likeness (QED) is 0.758. The van der Waals surface area contributed by atoms with E-state index in [9.17, 15) is 0 Å². The fourth-order valence-corrected chi connectivity index (χ4v) is 2.55. The van der Waals surface area contributed by atoms with Crippen LogP contribution >= 0.6 is 11.3 Å². The van der Waals surface area contributed by atoms with Crippen molar-refractivity contribution in [3.63, 3.8) is 0 Å². The molecule has 0 aliphatic rings. The molecule has 0 aliphatic carbocycles. The third-order valence-corrected chi connectivity index (χ3v) is 3.63. The SMILES string of the molecule is CCc1ccc(-c2nc(C(C)C)cs2)cc1.